The number of aliphatic imine (C=N–C) groups is 1. The van der Waals surface area contributed by atoms with Gasteiger partial charge in [-0.2, -0.15) is 0 Å². The van der Waals surface area contributed by atoms with Crippen molar-refractivity contribution >= 4 is 17.7 Å². The summed E-state index contributed by atoms with van der Waals surface area (Å²) in [6.45, 7) is 3.52. The van der Waals surface area contributed by atoms with Crippen LogP contribution in [0.2, 0.25) is 0 Å². The van der Waals surface area contributed by atoms with E-state index in [1.54, 1.807) is 19.9 Å². The van der Waals surface area contributed by atoms with Crippen molar-refractivity contribution in [1.29, 1.82) is 0 Å². The Labute approximate surface area is 81.5 Å². The number of benzene rings is 1. The number of Topliss-reactive ketones (excluding diaryl/α,β-unsaturated/α-hetero) is 1. The standard InChI is InChI=1S/C11H10FNO/c1-6-3-8-10(9(12)4-6)13-5-7(2)11(8)14/h3-5,7H,1-2H3. The first-order valence-electron chi connectivity index (χ1n) is 4.48. The third kappa shape index (κ3) is 1.25. The van der Waals surface area contributed by atoms with Gasteiger partial charge in [-0.3, -0.25) is 9.79 Å². The van der Waals surface area contributed by atoms with Crippen LogP contribution in [0.3, 0.4) is 0 Å². The van der Waals surface area contributed by atoms with Crippen molar-refractivity contribution < 1.29 is 9.18 Å². The first-order valence-corrected chi connectivity index (χ1v) is 4.48. The topological polar surface area (TPSA) is 29.4 Å². The summed E-state index contributed by atoms with van der Waals surface area (Å²) in [5, 5.41) is 0. The number of nitrogens with zero attached hydrogens (tertiary/aromatic N) is 1. The minimum Gasteiger partial charge on any atom is -0.293 e. The fourth-order valence-electron chi connectivity index (χ4n) is 1.55. The Morgan fingerprint density at radius 1 is 1.43 bits per heavy atom. The largest absolute Gasteiger partial charge is 0.293 e. The molecule has 1 aliphatic heterocycles. The maximum Gasteiger partial charge on any atom is 0.173 e. The predicted octanol–water partition coefficient (Wildman–Crippen LogP) is 2.67. The van der Waals surface area contributed by atoms with Gasteiger partial charge in [-0.25, -0.2) is 4.39 Å². The average molecular weight is 191 g/mol. The van der Waals surface area contributed by atoms with Crippen LogP contribution in [0.15, 0.2) is 17.1 Å². The zero-order chi connectivity index (χ0) is 10.3. The lowest BCUT2D eigenvalue weighted by Crippen LogP contribution is -2.17. The van der Waals surface area contributed by atoms with Crippen molar-refractivity contribution in [2.24, 2.45) is 10.9 Å². The molecule has 0 saturated heterocycles. The molecule has 0 fully saturated rings. The highest BCUT2D eigenvalue weighted by Gasteiger charge is 2.23. The minimum atomic E-state index is -0.420. The molecule has 1 aromatic carbocycles. The average Bonchev–Trinajstić information content (AvgIpc) is 2.12. The Kier molecular flexibility index (Phi) is 1.95. The van der Waals surface area contributed by atoms with E-state index in [1.165, 1.54) is 12.3 Å². The molecule has 1 unspecified atom stereocenters. The molecule has 2 nitrogen and oxygen atoms in total. The Bertz CT molecular complexity index is 437. The van der Waals surface area contributed by atoms with Crippen molar-refractivity contribution in [3.05, 3.63) is 29.1 Å². The first kappa shape index (κ1) is 9.06. The molecule has 0 saturated carbocycles. The van der Waals surface area contributed by atoms with E-state index in [2.05, 4.69) is 4.99 Å². The minimum absolute atomic E-state index is 0.0578. The zero-order valence-electron chi connectivity index (χ0n) is 8.04. The second-order valence-electron chi connectivity index (χ2n) is 3.57. The van der Waals surface area contributed by atoms with Crippen LogP contribution >= 0.6 is 0 Å². The number of carbonyl (C=O) groups excluding carboxylic acids is 1. The van der Waals surface area contributed by atoms with Crippen LogP contribution in [-0.4, -0.2) is 12.0 Å². The van der Waals surface area contributed by atoms with Crippen LogP contribution in [0.1, 0.15) is 22.8 Å². The third-order valence-electron chi connectivity index (χ3n) is 2.31. The Hall–Kier alpha value is -1.51. The second-order valence-corrected chi connectivity index (χ2v) is 3.57. The summed E-state index contributed by atoms with van der Waals surface area (Å²) in [4.78, 5) is 15.6. The van der Waals surface area contributed by atoms with E-state index in [0.29, 0.717) is 5.56 Å². The van der Waals surface area contributed by atoms with E-state index in [0.717, 1.165) is 5.56 Å². The Morgan fingerprint density at radius 2 is 2.14 bits per heavy atom. The van der Waals surface area contributed by atoms with Gasteiger partial charge in [0.2, 0.25) is 0 Å². The monoisotopic (exact) mass is 191 g/mol. The number of aryl methyl sites for hydroxylation is 1. The van der Waals surface area contributed by atoms with Gasteiger partial charge in [0.1, 0.15) is 11.5 Å². The molecule has 0 bridgehead atoms. The molecular weight excluding hydrogens is 181 g/mol. The van der Waals surface area contributed by atoms with Crippen LogP contribution in [0, 0.1) is 18.7 Å². The summed E-state index contributed by atoms with van der Waals surface area (Å²) in [6, 6.07) is 3.08. The molecule has 0 spiro atoms. The number of hydrogen-bond acceptors (Lipinski definition) is 2. The van der Waals surface area contributed by atoms with Crippen molar-refractivity contribution in [3.63, 3.8) is 0 Å². The summed E-state index contributed by atoms with van der Waals surface area (Å²) < 4.78 is 13.4. The Balaban J connectivity index is 2.68. The lowest BCUT2D eigenvalue weighted by molar-refractivity contribution is 0.0961. The highest BCUT2D eigenvalue weighted by Crippen LogP contribution is 2.29. The van der Waals surface area contributed by atoms with E-state index in [4.69, 9.17) is 0 Å². The van der Waals surface area contributed by atoms with Crippen molar-refractivity contribution in [2.45, 2.75) is 13.8 Å². The lowest BCUT2D eigenvalue weighted by atomic mass is 9.94. The van der Waals surface area contributed by atoms with Crippen LogP contribution in [-0.2, 0) is 0 Å². The predicted molar refractivity (Wildman–Crippen MR) is 52.8 cm³/mol. The molecule has 14 heavy (non-hydrogen) atoms. The molecule has 0 radical (unpaired) electrons. The molecule has 2 rings (SSSR count). The Morgan fingerprint density at radius 3 is 2.86 bits per heavy atom. The molecule has 1 heterocycles. The molecule has 1 aliphatic rings. The van der Waals surface area contributed by atoms with Crippen LogP contribution in [0.4, 0.5) is 10.1 Å². The molecule has 0 aliphatic carbocycles. The zero-order valence-corrected chi connectivity index (χ0v) is 8.04. The van der Waals surface area contributed by atoms with E-state index in [9.17, 15) is 9.18 Å². The van der Waals surface area contributed by atoms with E-state index < -0.39 is 5.82 Å². The number of ketones is 1. The van der Waals surface area contributed by atoms with Gasteiger partial charge >= 0.3 is 0 Å². The maximum absolute atomic E-state index is 13.4. The lowest BCUT2D eigenvalue weighted by Gasteiger charge is -2.14. The van der Waals surface area contributed by atoms with Gasteiger partial charge < -0.3 is 0 Å². The van der Waals surface area contributed by atoms with Gasteiger partial charge in [0.15, 0.2) is 5.78 Å². The quantitative estimate of drug-likeness (QED) is 0.619. The number of rotatable bonds is 0. The first-order chi connectivity index (χ1) is 6.59. The summed E-state index contributed by atoms with van der Waals surface area (Å²) >= 11 is 0. The van der Waals surface area contributed by atoms with Crippen molar-refractivity contribution in [2.75, 3.05) is 0 Å². The normalized spacial score (nSPS) is 19.6. The number of carbonyl (C=O) groups is 1. The van der Waals surface area contributed by atoms with E-state index in [1.807, 2.05) is 0 Å². The molecule has 0 N–H and O–H groups in total. The van der Waals surface area contributed by atoms with Gasteiger partial charge in [-0.05, 0) is 24.6 Å². The van der Waals surface area contributed by atoms with Gasteiger partial charge in [-0.15, -0.1) is 0 Å². The summed E-state index contributed by atoms with van der Waals surface area (Å²) in [5.74, 6) is -0.724. The number of hydrogen-bond donors (Lipinski definition) is 0. The molecular formula is C11H10FNO. The molecule has 1 aromatic rings. The molecule has 0 aromatic heterocycles. The van der Waals surface area contributed by atoms with Crippen molar-refractivity contribution in [1.82, 2.24) is 0 Å². The van der Waals surface area contributed by atoms with Gasteiger partial charge in [0.05, 0.1) is 5.92 Å². The SMILES string of the molecule is Cc1cc(F)c2c(c1)C(=O)C(C)C=N2. The smallest absolute Gasteiger partial charge is 0.173 e. The third-order valence-corrected chi connectivity index (χ3v) is 2.31. The van der Waals surface area contributed by atoms with Gasteiger partial charge in [0.25, 0.3) is 0 Å². The molecule has 1 atom stereocenters. The highest BCUT2D eigenvalue weighted by atomic mass is 19.1. The van der Waals surface area contributed by atoms with Crippen LogP contribution in [0.5, 0.6) is 0 Å². The summed E-state index contributed by atoms with van der Waals surface area (Å²) in [6.07, 6.45) is 1.49. The summed E-state index contributed by atoms with van der Waals surface area (Å²) in [5.41, 5.74) is 1.33. The molecule has 3 heteroatoms. The maximum atomic E-state index is 13.4. The van der Waals surface area contributed by atoms with E-state index >= 15 is 0 Å². The molecule has 0 amide bonds. The highest BCUT2D eigenvalue weighted by molar-refractivity contribution is 6.12. The second kappa shape index (κ2) is 3.01. The van der Waals surface area contributed by atoms with Gasteiger partial charge in [0, 0.05) is 11.8 Å². The number of halogens is 1. The fourth-order valence-corrected chi connectivity index (χ4v) is 1.55. The number of fused-ring (bicyclic) bond motifs is 1. The molecule has 72 valence electrons. The fraction of sp³-hybridized carbons (Fsp3) is 0.273. The van der Waals surface area contributed by atoms with Crippen molar-refractivity contribution in [3.8, 4) is 0 Å². The van der Waals surface area contributed by atoms with Gasteiger partial charge in [-0.1, -0.05) is 6.92 Å². The van der Waals surface area contributed by atoms with E-state index in [-0.39, 0.29) is 17.4 Å². The van der Waals surface area contributed by atoms with Crippen LogP contribution in [0.25, 0.3) is 0 Å². The van der Waals surface area contributed by atoms with Crippen LogP contribution < -0.4 is 0 Å². The summed E-state index contributed by atoms with van der Waals surface area (Å²) in [7, 11) is 0.